The largest absolute Gasteiger partial charge is 0.368 e. The first kappa shape index (κ1) is 17.2. The van der Waals surface area contributed by atoms with Gasteiger partial charge in [-0.3, -0.25) is 4.90 Å². The average Bonchev–Trinajstić information content (AvgIpc) is 2.63. The molecule has 24 heavy (non-hydrogen) atoms. The van der Waals surface area contributed by atoms with E-state index >= 15 is 0 Å². The average molecular weight is 323 g/mol. The molecule has 0 saturated heterocycles. The van der Waals surface area contributed by atoms with Gasteiger partial charge >= 0.3 is 0 Å². The first-order chi connectivity index (χ1) is 11.8. The van der Waals surface area contributed by atoms with Gasteiger partial charge < -0.3 is 4.74 Å². The van der Waals surface area contributed by atoms with Gasteiger partial charge in [0, 0.05) is 0 Å². The lowest BCUT2D eigenvalue weighted by Crippen LogP contribution is -2.31. The molecular formula is C22H29NO. The van der Waals surface area contributed by atoms with Gasteiger partial charge in [-0.05, 0) is 38.1 Å². The Labute approximate surface area is 146 Å². The van der Waals surface area contributed by atoms with Crippen LogP contribution < -0.4 is 0 Å². The molecule has 1 aliphatic carbocycles. The van der Waals surface area contributed by atoms with E-state index < -0.39 is 0 Å². The van der Waals surface area contributed by atoms with Crippen molar-refractivity contribution in [2.75, 3.05) is 14.1 Å². The number of likely N-dealkylation sites (N-methyl/N-ethyl adjacent to an activating group) is 1. The quantitative estimate of drug-likeness (QED) is 0.707. The number of nitrogens with zero attached hydrogens (tertiary/aromatic N) is 1. The van der Waals surface area contributed by atoms with Crippen LogP contribution in [0.3, 0.4) is 0 Å². The van der Waals surface area contributed by atoms with Crippen molar-refractivity contribution in [3.63, 3.8) is 0 Å². The van der Waals surface area contributed by atoms with Crippen LogP contribution in [0.2, 0.25) is 0 Å². The molecule has 0 bridgehead atoms. The van der Waals surface area contributed by atoms with Gasteiger partial charge in [-0.1, -0.05) is 79.9 Å². The molecule has 2 aromatic carbocycles. The Morgan fingerprint density at radius 1 is 0.792 bits per heavy atom. The molecule has 1 fully saturated rings. The summed E-state index contributed by atoms with van der Waals surface area (Å²) in [7, 11) is 4.30. The zero-order valence-corrected chi connectivity index (χ0v) is 14.9. The summed E-state index contributed by atoms with van der Waals surface area (Å²) >= 11 is 0. The van der Waals surface area contributed by atoms with Gasteiger partial charge in [0.1, 0.15) is 6.10 Å². The molecule has 2 atom stereocenters. The number of hydrogen-bond donors (Lipinski definition) is 0. The normalized spacial score (nSPS) is 18.5. The second-order valence-corrected chi connectivity index (χ2v) is 7.05. The molecular weight excluding hydrogens is 294 g/mol. The number of hydrogen-bond acceptors (Lipinski definition) is 2. The van der Waals surface area contributed by atoms with Gasteiger partial charge in [0.15, 0.2) is 0 Å². The number of ether oxygens (including phenoxy) is 1. The van der Waals surface area contributed by atoms with Crippen molar-refractivity contribution >= 4 is 0 Å². The summed E-state index contributed by atoms with van der Waals surface area (Å²) in [5.41, 5.74) is 2.58. The first-order valence-electron chi connectivity index (χ1n) is 9.17. The van der Waals surface area contributed by atoms with E-state index in [1.54, 1.807) is 0 Å². The van der Waals surface area contributed by atoms with Crippen LogP contribution in [0.25, 0.3) is 0 Å². The predicted octanol–water partition coefficient (Wildman–Crippen LogP) is 5.38. The fraction of sp³-hybridized carbons (Fsp3) is 0.455. The lowest BCUT2D eigenvalue weighted by atomic mass is 9.93. The van der Waals surface area contributed by atoms with E-state index in [1.807, 2.05) is 0 Å². The highest BCUT2D eigenvalue weighted by atomic mass is 16.5. The maximum absolute atomic E-state index is 6.71. The van der Waals surface area contributed by atoms with Crippen molar-refractivity contribution in [3.05, 3.63) is 71.8 Å². The lowest BCUT2D eigenvalue weighted by Gasteiger charge is -2.36. The van der Waals surface area contributed by atoms with Crippen LogP contribution in [-0.4, -0.2) is 25.1 Å². The molecule has 1 saturated carbocycles. The van der Waals surface area contributed by atoms with Gasteiger partial charge in [0.2, 0.25) is 0 Å². The standard InChI is InChI=1S/C22H29NO/c1-23(2)21(18-12-6-3-7-13-18)22(19-14-8-4-9-15-19)24-20-16-10-5-11-17-20/h3-4,6-9,12-15,20-22H,5,10-11,16-17H2,1-2H3/t21-,22-/m1/s1. The lowest BCUT2D eigenvalue weighted by molar-refractivity contribution is -0.0673. The minimum atomic E-state index is 0.0618. The third-order valence-electron chi connectivity index (χ3n) is 5.00. The molecule has 0 N–H and O–H groups in total. The van der Waals surface area contributed by atoms with Crippen molar-refractivity contribution < 1.29 is 4.74 Å². The highest BCUT2D eigenvalue weighted by Crippen LogP contribution is 2.38. The zero-order valence-electron chi connectivity index (χ0n) is 14.9. The molecule has 3 rings (SSSR count). The Kier molecular flexibility index (Phi) is 6.06. The van der Waals surface area contributed by atoms with Crippen molar-refractivity contribution in [1.82, 2.24) is 4.90 Å². The van der Waals surface area contributed by atoms with Gasteiger partial charge in [0.05, 0.1) is 12.1 Å². The van der Waals surface area contributed by atoms with Crippen molar-refractivity contribution in [1.29, 1.82) is 0 Å². The Morgan fingerprint density at radius 3 is 1.88 bits per heavy atom. The van der Waals surface area contributed by atoms with Crippen LogP contribution in [-0.2, 0) is 4.74 Å². The molecule has 0 unspecified atom stereocenters. The summed E-state index contributed by atoms with van der Waals surface area (Å²) < 4.78 is 6.71. The summed E-state index contributed by atoms with van der Waals surface area (Å²) in [6.07, 6.45) is 6.78. The summed E-state index contributed by atoms with van der Waals surface area (Å²) in [4.78, 5) is 2.29. The number of rotatable bonds is 6. The Bertz CT molecular complexity index is 590. The third kappa shape index (κ3) is 4.25. The van der Waals surface area contributed by atoms with Crippen LogP contribution in [0.1, 0.15) is 55.4 Å². The van der Waals surface area contributed by atoms with E-state index in [1.165, 1.54) is 43.2 Å². The first-order valence-corrected chi connectivity index (χ1v) is 9.17. The SMILES string of the molecule is CN(C)[C@H](c1ccccc1)[C@H](OC1CCCCC1)c1ccccc1. The van der Waals surface area contributed by atoms with Gasteiger partial charge in [-0.25, -0.2) is 0 Å². The van der Waals surface area contributed by atoms with E-state index in [0.717, 1.165) is 0 Å². The molecule has 2 nitrogen and oxygen atoms in total. The van der Waals surface area contributed by atoms with Gasteiger partial charge in [0.25, 0.3) is 0 Å². The maximum atomic E-state index is 6.71. The fourth-order valence-corrected chi connectivity index (χ4v) is 3.78. The molecule has 2 heteroatoms. The second kappa shape index (κ2) is 8.46. The maximum Gasteiger partial charge on any atom is 0.102 e. The smallest absolute Gasteiger partial charge is 0.102 e. The molecule has 0 spiro atoms. The second-order valence-electron chi connectivity index (χ2n) is 7.05. The van der Waals surface area contributed by atoms with Gasteiger partial charge in [-0.2, -0.15) is 0 Å². The molecule has 1 aliphatic rings. The van der Waals surface area contributed by atoms with E-state index in [4.69, 9.17) is 4.74 Å². The van der Waals surface area contributed by atoms with E-state index in [9.17, 15) is 0 Å². The summed E-state index contributed by atoms with van der Waals surface area (Å²) in [6, 6.07) is 21.7. The Morgan fingerprint density at radius 2 is 1.33 bits per heavy atom. The minimum absolute atomic E-state index is 0.0618. The van der Waals surface area contributed by atoms with Gasteiger partial charge in [-0.15, -0.1) is 0 Å². The number of benzene rings is 2. The van der Waals surface area contributed by atoms with Crippen LogP contribution >= 0.6 is 0 Å². The fourth-order valence-electron chi connectivity index (χ4n) is 3.78. The van der Waals surface area contributed by atoms with Crippen molar-refractivity contribution in [2.24, 2.45) is 0 Å². The molecule has 0 radical (unpaired) electrons. The topological polar surface area (TPSA) is 12.5 Å². The van der Waals surface area contributed by atoms with E-state index in [2.05, 4.69) is 79.7 Å². The third-order valence-corrected chi connectivity index (χ3v) is 5.00. The summed E-state index contributed by atoms with van der Waals surface area (Å²) in [5, 5.41) is 0. The van der Waals surface area contributed by atoms with Crippen LogP contribution in [0.4, 0.5) is 0 Å². The molecule has 2 aromatic rings. The van der Waals surface area contributed by atoms with E-state index in [0.29, 0.717) is 6.10 Å². The van der Waals surface area contributed by atoms with Crippen LogP contribution in [0.15, 0.2) is 60.7 Å². The molecule has 0 amide bonds. The summed E-state index contributed by atoms with van der Waals surface area (Å²) in [5.74, 6) is 0. The summed E-state index contributed by atoms with van der Waals surface area (Å²) in [6.45, 7) is 0. The molecule has 0 aliphatic heterocycles. The monoisotopic (exact) mass is 323 g/mol. The Hall–Kier alpha value is -1.64. The van der Waals surface area contributed by atoms with Crippen molar-refractivity contribution in [2.45, 2.75) is 50.4 Å². The van der Waals surface area contributed by atoms with Crippen LogP contribution in [0.5, 0.6) is 0 Å². The Balaban J connectivity index is 1.92. The van der Waals surface area contributed by atoms with E-state index in [-0.39, 0.29) is 12.1 Å². The van der Waals surface area contributed by atoms with Crippen molar-refractivity contribution in [3.8, 4) is 0 Å². The molecule has 0 heterocycles. The van der Waals surface area contributed by atoms with Crippen LogP contribution in [0, 0.1) is 0 Å². The zero-order chi connectivity index (χ0) is 16.8. The highest BCUT2D eigenvalue weighted by Gasteiger charge is 2.30. The predicted molar refractivity (Wildman–Crippen MR) is 100 cm³/mol. The molecule has 128 valence electrons. The minimum Gasteiger partial charge on any atom is -0.368 e. The highest BCUT2D eigenvalue weighted by molar-refractivity contribution is 5.26. The molecule has 0 aromatic heterocycles.